The molecule has 0 amide bonds. The van der Waals surface area contributed by atoms with Crippen molar-refractivity contribution in [1.29, 1.82) is 0 Å². The van der Waals surface area contributed by atoms with Crippen molar-refractivity contribution in [3.8, 4) is 22.6 Å². The number of rotatable bonds is 4. The average Bonchev–Trinajstić information content (AvgIpc) is 3.36. The molecule has 0 spiro atoms. The monoisotopic (exact) mass is 414 g/mol. The highest BCUT2D eigenvalue weighted by molar-refractivity contribution is 5.63. The van der Waals surface area contributed by atoms with Crippen LogP contribution in [-0.2, 0) is 11.8 Å². The van der Waals surface area contributed by atoms with Gasteiger partial charge >= 0.3 is 0 Å². The minimum absolute atomic E-state index is 0.101. The number of hydrogen-bond donors (Lipinski definition) is 0. The summed E-state index contributed by atoms with van der Waals surface area (Å²) in [5, 5.41) is 0. The number of morpholine rings is 1. The van der Waals surface area contributed by atoms with Crippen molar-refractivity contribution in [2.24, 2.45) is 7.05 Å². The SMILES string of the molecule is Cn1c(N2CCOC(c3ccccc3-c3ccco3)C2)nc(-c2ccncc2)cc1=O. The number of ether oxygens (including phenoxy) is 1. The first-order chi connectivity index (χ1) is 15.2. The van der Waals surface area contributed by atoms with Crippen molar-refractivity contribution in [2.75, 3.05) is 24.6 Å². The maximum atomic E-state index is 12.7. The van der Waals surface area contributed by atoms with Crippen LogP contribution in [0.1, 0.15) is 11.7 Å². The van der Waals surface area contributed by atoms with E-state index in [4.69, 9.17) is 14.1 Å². The Balaban J connectivity index is 1.50. The average molecular weight is 414 g/mol. The van der Waals surface area contributed by atoms with Crippen LogP contribution in [0.25, 0.3) is 22.6 Å². The van der Waals surface area contributed by atoms with E-state index in [1.807, 2.05) is 42.5 Å². The van der Waals surface area contributed by atoms with Gasteiger partial charge in [-0.05, 0) is 29.8 Å². The molecule has 1 atom stereocenters. The molecular weight excluding hydrogens is 392 g/mol. The van der Waals surface area contributed by atoms with Gasteiger partial charge in [-0.3, -0.25) is 14.3 Å². The molecule has 0 aliphatic carbocycles. The van der Waals surface area contributed by atoms with Gasteiger partial charge in [0.1, 0.15) is 11.9 Å². The lowest BCUT2D eigenvalue weighted by Crippen LogP contribution is -2.41. The molecule has 7 heteroatoms. The minimum atomic E-state index is -0.170. The van der Waals surface area contributed by atoms with E-state index in [1.54, 1.807) is 36.3 Å². The third-order valence-electron chi connectivity index (χ3n) is 5.53. The number of anilines is 1. The molecule has 1 unspecified atom stereocenters. The maximum absolute atomic E-state index is 12.7. The summed E-state index contributed by atoms with van der Waals surface area (Å²) in [5.41, 5.74) is 3.46. The summed E-state index contributed by atoms with van der Waals surface area (Å²) < 4.78 is 13.4. The van der Waals surface area contributed by atoms with Crippen LogP contribution in [0, 0.1) is 0 Å². The van der Waals surface area contributed by atoms with Gasteiger partial charge in [-0.15, -0.1) is 0 Å². The third kappa shape index (κ3) is 3.75. The van der Waals surface area contributed by atoms with E-state index in [9.17, 15) is 4.79 Å². The Bertz CT molecular complexity index is 1240. The van der Waals surface area contributed by atoms with Crippen molar-refractivity contribution in [3.63, 3.8) is 0 Å². The molecule has 1 aromatic carbocycles. The highest BCUT2D eigenvalue weighted by Crippen LogP contribution is 2.33. The van der Waals surface area contributed by atoms with Gasteiger partial charge in [0.25, 0.3) is 5.56 Å². The predicted octanol–water partition coefficient (Wildman–Crippen LogP) is 3.68. The summed E-state index contributed by atoms with van der Waals surface area (Å²) in [6, 6.07) is 17.2. The second kappa shape index (κ2) is 8.20. The Morgan fingerprint density at radius 1 is 1.06 bits per heavy atom. The summed E-state index contributed by atoms with van der Waals surface area (Å²) >= 11 is 0. The Hall–Kier alpha value is -3.71. The molecule has 0 N–H and O–H groups in total. The fourth-order valence-electron chi connectivity index (χ4n) is 3.93. The van der Waals surface area contributed by atoms with Gasteiger partial charge in [-0.25, -0.2) is 4.98 Å². The third-order valence-corrected chi connectivity index (χ3v) is 5.53. The second-order valence-corrected chi connectivity index (χ2v) is 7.44. The lowest BCUT2D eigenvalue weighted by molar-refractivity contribution is 0.0392. The Kier molecular flexibility index (Phi) is 5.09. The van der Waals surface area contributed by atoms with Gasteiger partial charge in [0.2, 0.25) is 5.95 Å². The van der Waals surface area contributed by atoms with Crippen LogP contribution in [0.3, 0.4) is 0 Å². The van der Waals surface area contributed by atoms with Crippen LogP contribution < -0.4 is 10.5 Å². The summed E-state index contributed by atoms with van der Waals surface area (Å²) in [7, 11) is 1.75. The van der Waals surface area contributed by atoms with Crippen molar-refractivity contribution in [1.82, 2.24) is 14.5 Å². The first-order valence-electron chi connectivity index (χ1n) is 10.2. The molecule has 1 fully saturated rings. The van der Waals surface area contributed by atoms with E-state index in [0.29, 0.717) is 31.3 Å². The summed E-state index contributed by atoms with van der Waals surface area (Å²) in [5.74, 6) is 1.43. The summed E-state index contributed by atoms with van der Waals surface area (Å²) in [6.07, 6.45) is 4.90. The molecule has 1 saturated heterocycles. The molecule has 31 heavy (non-hydrogen) atoms. The molecule has 3 aromatic heterocycles. The second-order valence-electron chi connectivity index (χ2n) is 7.44. The number of furan rings is 1. The first-order valence-corrected chi connectivity index (χ1v) is 10.2. The molecule has 5 rings (SSSR count). The topological polar surface area (TPSA) is 73.4 Å². The van der Waals surface area contributed by atoms with Gasteiger partial charge in [0, 0.05) is 43.2 Å². The first kappa shape index (κ1) is 19.3. The zero-order valence-corrected chi connectivity index (χ0v) is 17.1. The molecule has 7 nitrogen and oxygen atoms in total. The molecule has 1 aliphatic rings. The number of aromatic nitrogens is 3. The predicted molar refractivity (Wildman–Crippen MR) is 118 cm³/mol. The van der Waals surface area contributed by atoms with Gasteiger partial charge in [0.15, 0.2) is 0 Å². The van der Waals surface area contributed by atoms with E-state index in [2.05, 4.69) is 16.0 Å². The Labute approximate surface area is 179 Å². The molecule has 0 radical (unpaired) electrons. The van der Waals surface area contributed by atoms with Gasteiger partial charge in [-0.1, -0.05) is 24.3 Å². The largest absolute Gasteiger partial charge is 0.464 e. The van der Waals surface area contributed by atoms with Crippen LogP contribution in [-0.4, -0.2) is 34.2 Å². The van der Waals surface area contributed by atoms with Gasteiger partial charge < -0.3 is 14.1 Å². The number of benzene rings is 1. The smallest absolute Gasteiger partial charge is 0.255 e. The van der Waals surface area contributed by atoms with Gasteiger partial charge in [0.05, 0.1) is 25.1 Å². The van der Waals surface area contributed by atoms with E-state index in [-0.39, 0.29) is 11.7 Å². The van der Waals surface area contributed by atoms with Crippen molar-refractivity contribution in [3.05, 3.63) is 89.2 Å². The summed E-state index contributed by atoms with van der Waals surface area (Å²) in [6.45, 7) is 1.77. The number of nitrogens with zero attached hydrogens (tertiary/aromatic N) is 4. The van der Waals surface area contributed by atoms with E-state index in [1.165, 1.54) is 0 Å². The van der Waals surface area contributed by atoms with Crippen molar-refractivity contribution < 1.29 is 9.15 Å². The highest BCUT2D eigenvalue weighted by atomic mass is 16.5. The number of pyridine rings is 1. The quantitative estimate of drug-likeness (QED) is 0.507. The standard InChI is InChI=1S/C24H22N4O3/c1-27-23(29)15-20(17-8-10-25-11-9-17)26-24(27)28-12-14-31-22(16-28)19-6-3-2-5-18(19)21-7-4-13-30-21/h2-11,13,15,22H,12,14,16H2,1H3. The minimum Gasteiger partial charge on any atom is -0.464 e. The zero-order valence-electron chi connectivity index (χ0n) is 17.1. The van der Waals surface area contributed by atoms with E-state index < -0.39 is 0 Å². The van der Waals surface area contributed by atoms with Crippen molar-refractivity contribution in [2.45, 2.75) is 6.10 Å². The van der Waals surface area contributed by atoms with E-state index >= 15 is 0 Å². The molecule has 0 bridgehead atoms. The van der Waals surface area contributed by atoms with Crippen LogP contribution in [0.4, 0.5) is 5.95 Å². The summed E-state index contributed by atoms with van der Waals surface area (Å²) in [4.78, 5) is 23.6. The van der Waals surface area contributed by atoms with Crippen LogP contribution in [0.5, 0.6) is 0 Å². The molecule has 4 heterocycles. The van der Waals surface area contributed by atoms with Gasteiger partial charge in [-0.2, -0.15) is 0 Å². The number of hydrogen-bond acceptors (Lipinski definition) is 6. The Morgan fingerprint density at radius 2 is 1.90 bits per heavy atom. The molecule has 1 aliphatic heterocycles. The highest BCUT2D eigenvalue weighted by Gasteiger charge is 2.27. The van der Waals surface area contributed by atoms with Crippen LogP contribution in [0.15, 0.2) is 82.5 Å². The van der Waals surface area contributed by atoms with Crippen LogP contribution >= 0.6 is 0 Å². The molecule has 156 valence electrons. The molecule has 0 saturated carbocycles. The van der Waals surface area contributed by atoms with Crippen molar-refractivity contribution >= 4 is 5.95 Å². The lowest BCUT2D eigenvalue weighted by atomic mass is 9.99. The lowest BCUT2D eigenvalue weighted by Gasteiger charge is -2.35. The van der Waals surface area contributed by atoms with Crippen LogP contribution in [0.2, 0.25) is 0 Å². The van der Waals surface area contributed by atoms with E-state index in [0.717, 1.165) is 22.5 Å². The Morgan fingerprint density at radius 3 is 2.71 bits per heavy atom. The molecule has 4 aromatic rings. The fraction of sp³-hybridized carbons (Fsp3) is 0.208. The zero-order chi connectivity index (χ0) is 21.2. The maximum Gasteiger partial charge on any atom is 0.255 e. The normalized spacial score (nSPS) is 16.4. The molecular formula is C24H22N4O3. The fourth-order valence-corrected chi connectivity index (χ4v) is 3.93.